The van der Waals surface area contributed by atoms with Crippen molar-refractivity contribution < 1.29 is 32.6 Å². The summed E-state index contributed by atoms with van der Waals surface area (Å²) < 4.78 is 43.1. The van der Waals surface area contributed by atoms with E-state index in [0.717, 1.165) is 21.3 Å². The Morgan fingerprint density at radius 2 is 1.88 bits per heavy atom. The van der Waals surface area contributed by atoms with Crippen LogP contribution in [0.3, 0.4) is 0 Å². The van der Waals surface area contributed by atoms with Crippen molar-refractivity contribution in [2.45, 2.75) is 38.3 Å². The largest absolute Gasteiger partial charge is 0.523 e. The summed E-state index contributed by atoms with van der Waals surface area (Å²) in [5.74, 6) is -1.34. The van der Waals surface area contributed by atoms with Crippen LogP contribution >= 0.6 is 27.3 Å². The number of hydrogen-bond donors (Lipinski definition) is 2. The highest BCUT2D eigenvalue weighted by atomic mass is 79.9. The molecule has 3 aromatic rings. The zero-order valence-corrected chi connectivity index (χ0v) is 23.4. The molecule has 0 saturated heterocycles. The first kappa shape index (κ1) is 29.5. The van der Waals surface area contributed by atoms with E-state index < -0.39 is 18.4 Å². The molecule has 1 aliphatic carbocycles. The van der Waals surface area contributed by atoms with E-state index in [-0.39, 0.29) is 25.3 Å². The van der Waals surface area contributed by atoms with E-state index in [2.05, 4.69) is 26.0 Å². The lowest BCUT2D eigenvalue weighted by Crippen LogP contribution is -2.26. The number of carbonyl (C=O) groups is 2. The van der Waals surface area contributed by atoms with E-state index in [1.54, 1.807) is 18.2 Å². The number of carbonyl (C=O) groups excluding carboxylic acids is 1. The Morgan fingerprint density at radius 3 is 2.55 bits per heavy atom. The molecular weight excluding hydrogens is 611 g/mol. The Balaban J connectivity index is 1.52. The van der Waals surface area contributed by atoms with E-state index in [1.165, 1.54) is 17.4 Å². The Morgan fingerprint density at radius 1 is 1.15 bits per heavy atom. The molecule has 0 spiro atoms. The molecule has 0 radical (unpaired) electrons. The number of carboxylic acids is 1. The predicted octanol–water partition coefficient (Wildman–Crippen LogP) is 7.09. The van der Waals surface area contributed by atoms with Gasteiger partial charge in [0.1, 0.15) is 0 Å². The third kappa shape index (κ3) is 8.51. The minimum Gasteiger partial charge on any atom is -0.481 e. The van der Waals surface area contributed by atoms with Crippen molar-refractivity contribution in [2.75, 3.05) is 11.4 Å². The van der Waals surface area contributed by atoms with Gasteiger partial charge >= 0.3 is 12.3 Å². The molecule has 1 atom stereocenters. The summed E-state index contributed by atoms with van der Waals surface area (Å²) in [6.07, 6.45) is -0.369. The fourth-order valence-electron chi connectivity index (χ4n) is 3.98. The summed E-state index contributed by atoms with van der Waals surface area (Å²) in [7, 11) is 0. The molecule has 1 aliphatic rings. The fourth-order valence-corrected chi connectivity index (χ4v) is 5.10. The van der Waals surface area contributed by atoms with Gasteiger partial charge in [-0.3, -0.25) is 14.3 Å². The standard InChI is InChI=1S/C28H25BrF3N3O4S/c29-21-9-11-22(12-10-21)35(16-18-4-6-20(7-5-18)26(38)33-15-14-25(36)37)27-34-24(17-40-27)19-2-1-3-23(13-8-19)39-28(30,31)32/h2,4-13,17,23H,1,3,14-16H2,(H,33,38)(H,36,37). The molecule has 0 bridgehead atoms. The van der Waals surface area contributed by atoms with Gasteiger partial charge in [0, 0.05) is 27.6 Å². The number of allylic oxidation sites excluding steroid dienone is 3. The van der Waals surface area contributed by atoms with Gasteiger partial charge < -0.3 is 15.3 Å². The highest BCUT2D eigenvalue weighted by molar-refractivity contribution is 9.10. The van der Waals surface area contributed by atoms with Crippen molar-refractivity contribution in [2.24, 2.45) is 0 Å². The highest BCUT2D eigenvalue weighted by Gasteiger charge is 2.32. The SMILES string of the molecule is O=C(O)CCNC(=O)c1ccc(CN(c2ccc(Br)cc2)c2nc(C3=CCCC(OC(F)(F)F)C=C3)cs2)cc1. The van der Waals surface area contributed by atoms with Gasteiger partial charge in [0.2, 0.25) is 0 Å². The number of amides is 1. The van der Waals surface area contributed by atoms with Gasteiger partial charge in [-0.15, -0.1) is 24.5 Å². The molecule has 12 heteroatoms. The van der Waals surface area contributed by atoms with Crippen LogP contribution in [0.15, 0.2) is 76.6 Å². The maximum Gasteiger partial charge on any atom is 0.523 e. The average Bonchev–Trinajstić information content (AvgIpc) is 3.27. The third-order valence-electron chi connectivity index (χ3n) is 5.93. The van der Waals surface area contributed by atoms with Crippen LogP contribution < -0.4 is 10.2 Å². The first-order valence-corrected chi connectivity index (χ1v) is 14.0. The van der Waals surface area contributed by atoms with Crippen molar-refractivity contribution in [1.29, 1.82) is 0 Å². The van der Waals surface area contributed by atoms with E-state index in [9.17, 15) is 22.8 Å². The van der Waals surface area contributed by atoms with Gasteiger partial charge in [-0.25, -0.2) is 4.98 Å². The Kier molecular flexibility index (Phi) is 9.77. The van der Waals surface area contributed by atoms with E-state index in [4.69, 9.17) is 10.1 Å². The number of hydrogen-bond acceptors (Lipinski definition) is 6. The third-order valence-corrected chi connectivity index (χ3v) is 7.32. The second-order valence-corrected chi connectivity index (χ2v) is 10.6. The maximum absolute atomic E-state index is 12.7. The molecule has 0 aliphatic heterocycles. The van der Waals surface area contributed by atoms with Crippen LogP contribution in [0.25, 0.3) is 5.57 Å². The van der Waals surface area contributed by atoms with Crippen LogP contribution in [0.5, 0.6) is 0 Å². The molecule has 4 rings (SSSR count). The number of alkyl halides is 3. The van der Waals surface area contributed by atoms with Crippen LogP contribution in [0.2, 0.25) is 0 Å². The van der Waals surface area contributed by atoms with Gasteiger partial charge in [-0.2, -0.15) is 0 Å². The number of aromatic nitrogens is 1. The lowest BCUT2D eigenvalue weighted by atomic mass is 10.1. The summed E-state index contributed by atoms with van der Waals surface area (Å²) in [4.78, 5) is 29.8. The lowest BCUT2D eigenvalue weighted by Gasteiger charge is -2.22. The molecule has 0 saturated carbocycles. The zero-order chi connectivity index (χ0) is 28.7. The summed E-state index contributed by atoms with van der Waals surface area (Å²) in [6.45, 7) is 0.479. The molecule has 1 unspecified atom stereocenters. The first-order valence-electron chi connectivity index (χ1n) is 12.3. The van der Waals surface area contributed by atoms with Crippen LogP contribution in [0.4, 0.5) is 24.0 Å². The molecule has 2 N–H and O–H groups in total. The Labute approximate surface area is 241 Å². The summed E-state index contributed by atoms with van der Waals surface area (Å²) in [5.41, 5.74) is 3.58. The smallest absolute Gasteiger partial charge is 0.481 e. The van der Waals surface area contributed by atoms with Gasteiger partial charge in [-0.1, -0.05) is 46.3 Å². The summed E-state index contributed by atoms with van der Waals surface area (Å²) >= 11 is 4.87. The van der Waals surface area contributed by atoms with Gasteiger partial charge in [0.05, 0.1) is 24.8 Å². The minimum atomic E-state index is -4.69. The van der Waals surface area contributed by atoms with Crippen molar-refractivity contribution in [1.82, 2.24) is 10.3 Å². The normalized spacial score (nSPS) is 15.3. The molecule has 210 valence electrons. The second-order valence-electron chi connectivity index (χ2n) is 8.87. The number of anilines is 2. The van der Waals surface area contributed by atoms with Crippen LogP contribution in [0.1, 0.15) is 40.9 Å². The fraction of sp³-hybridized carbons (Fsp3) is 0.250. The van der Waals surface area contributed by atoms with Crippen molar-refractivity contribution in [3.63, 3.8) is 0 Å². The molecule has 40 heavy (non-hydrogen) atoms. The van der Waals surface area contributed by atoms with E-state index in [1.807, 2.05) is 52.8 Å². The summed E-state index contributed by atoms with van der Waals surface area (Å²) in [5, 5.41) is 13.9. The minimum absolute atomic E-state index is 0.0429. The number of benzene rings is 2. The van der Waals surface area contributed by atoms with Crippen LogP contribution in [-0.4, -0.2) is 41.0 Å². The van der Waals surface area contributed by atoms with Crippen LogP contribution in [0, 0.1) is 0 Å². The molecule has 2 aromatic carbocycles. The number of carboxylic acid groups (broad SMARTS) is 1. The maximum atomic E-state index is 12.7. The Bertz CT molecular complexity index is 1390. The monoisotopic (exact) mass is 635 g/mol. The number of rotatable bonds is 10. The summed E-state index contributed by atoms with van der Waals surface area (Å²) in [6, 6.07) is 14.7. The quantitative estimate of drug-likeness (QED) is 0.247. The van der Waals surface area contributed by atoms with E-state index in [0.29, 0.717) is 29.4 Å². The number of ether oxygens (including phenoxy) is 1. The van der Waals surface area contributed by atoms with Crippen molar-refractivity contribution >= 4 is 55.5 Å². The highest BCUT2D eigenvalue weighted by Crippen LogP contribution is 2.34. The molecule has 1 amide bonds. The molecule has 1 heterocycles. The zero-order valence-electron chi connectivity index (χ0n) is 21.0. The molecular formula is C28H25BrF3N3O4S. The van der Waals surface area contributed by atoms with Crippen LogP contribution in [-0.2, 0) is 16.1 Å². The number of nitrogens with one attached hydrogen (secondary N) is 1. The second kappa shape index (κ2) is 13.2. The number of nitrogens with zero attached hydrogens (tertiary/aromatic N) is 2. The average molecular weight is 636 g/mol. The van der Waals surface area contributed by atoms with E-state index >= 15 is 0 Å². The number of halogens is 4. The topological polar surface area (TPSA) is 91.8 Å². The van der Waals surface area contributed by atoms with Crippen molar-refractivity contribution in [3.8, 4) is 0 Å². The van der Waals surface area contributed by atoms with Crippen molar-refractivity contribution in [3.05, 3.63) is 93.4 Å². The molecule has 1 aromatic heterocycles. The lowest BCUT2D eigenvalue weighted by molar-refractivity contribution is -0.336. The number of thiazole rings is 1. The Hall–Kier alpha value is -3.48. The molecule has 7 nitrogen and oxygen atoms in total. The predicted molar refractivity (Wildman–Crippen MR) is 150 cm³/mol. The van der Waals surface area contributed by atoms with Gasteiger partial charge in [0.15, 0.2) is 5.13 Å². The molecule has 0 fully saturated rings. The number of aliphatic carboxylic acids is 1. The van der Waals surface area contributed by atoms with Gasteiger partial charge in [-0.05, 0) is 60.4 Å². The van der Waals surface area contributed by atoms with Gasteiger partial charge in [0.25, 0.3) is 5.91 Å². The first-order chi connectivity index (χ1) is 19.1.